The molecule has 25 heavy (non-hydrogen) atoms. The molecule has 1 amide bonds. The van der Waals surface area contributed by atoms with E-state index in [1.165, 1.54) is 29.0 Å². The number of likely N-dealkylation sites (tertiary alicyclic amines) is 1. The molecular weight excluding hydrogens is 328 g/mol. The number of hydrogen-bond acceptors (Lipinski definition) is 3. The monoisotopic (exact) mass is 347 g/mol. The van der Waals surface area contributed by atoms with Crippen LogP contribution in [0.5, 0.6) is 0 Å². The Kier molecular flexibility index (Phi) is 4.67. The van der Waals surface area contributed by atoms with Crippen molar-refractivity contribution < 1.29 is 13.6 Å². The van der Waals surface area contributed by atoms with E-state index in [0.717, 1.165) is 6.07 Å². The fourth-order valence-electron chi connectivity index (χ4n) is 3.22. The number of benzene rings is 1. The second-order valence-electron chi connectivity index (χ2n) is 6.33. The molecule has 0 unspecified atom stereocenters. The summed E-state index contributed by atoms with van der Waals surface area (Å²) in [7, 11) is 3.48. The molecule has 1 fully saturated rings. The quantitative estimate of drug-likeness (QED) is 0.922. The average Bonchev–Trinajstić information content (AvgIpc) is 2.93. The minimum atomic E-state index is -0.908. The number of rotatable bonds is 3. The summed E-state index contributed by atoms with van der Waals surface area (Å²) in [6.45, 7) is 0.713. The second kappa shape index (κ2) is 6.76. The van der Waals surface area contributed by atoms with Crippen LogP contribution in [0.15, 0.2) is 41.3 Å². The normalized spacial score (nSPS) is 20.6. The van der Waals surface area contributed by atoms with Gasteiger partial charge in [0, 0.05) is 31.4 Å². The highest BCUT2D eigenvalue weighted by atomic mass is 19.2. The molecule has 0 saturated carbocycles. The van der Waals surface area contributed by atoms with Gasteiger partial charge < -0.3 is 9.88 Å². The molecule has 1 N–H and O–H groups in total. The fraction of sp³-hybridized carbons (Fsp3) is 0.333. The molecule has 1 aromatic carbocycles. The van der Waals surface area contributed by atoms with E-state index in [0.29, 0.717) is 18.5 Å². The number of carbonyl (C=O) groups excluding carboxylic acids is 1. The van der Waals surface area contributed by atoms with Crippen LogP contribution >= 0.6 is 0 Å². The molecule has 2 atom stereocenters. The Hall–Kier alpha value is -2.54. The Labute approximate surface area is 143 Å². The van der Waals surface area contributed by atoms with Crippen molar-refractivity contribution in [1.82, 2.24) is 14.8 Å². The van der Waals surface area contributed by atoms with E-state index < -0.39 is 11.6 Å². The lowest BCUT2D eigenvalue weighted by atomic mass is 9.99. The standard InChI is InChI=1S/C18H19F2N3O2/c1-22-7-5-12(10-16(22)24)18(25)21-15-6-8-23(2)17(15)11-3-4-13(19)14(20)9-11/h3-5,7,9-10,15,17H,6,8H2,1-2H3,(H,21,25)/t15-,17+/m0/s1. The molecule has 0 radical (unpaired) electrons. The first kappa shape index (κ1) is 17.3. The molecule has 0 spiro atoms. The highest BCUT2D eigenvalue weighted by Crippen LogP contribution is 2.31. The van der Waals surface area contributed by atoms with Crippen LogP contribution in [-0.4, -0.2) is 35.0 Å². The van der Waals surface area contributed by atoms with E-state index in [9.17, 15) is 18.4 Å². The van der Waals surface area contributed by atoms with Crippen LogP contribution in [0.2, 0.25) is 0 Å². The van der Waals surface area contributed by atoms with Gasteiger partial charge >= 0.3 is 0 Å². The number of hydrogen-bond donors (Lipinski definition) is 1. The smallest absolute Gasteiger partial charge is 0.251 e. The third-order valence-electron chi connectivity index (χ3n) is 4.62. The topological polar surface area (TPSA) is 54.3 Å². The van der Waals surface area contributed by atoms with E-state index in [1.54, 1.807) is 13.1 Å². The first-order valence-corrected chi connectivity index (χ1v) is 7.99. The Morgan fingerprint density at radius 3 is 2.60 bits per heavy atom. The van der Waals surface area contributed by atoms with Crippen molar-refractivity contribution in [3.63, 3.8) is 0 Å². The number of amides is 1. The van der Waals surface area contributed by atoms with Crippen LogP contribution in [0.4, 0.5) is 8.78 Å². The van der Waals surface area contributed by atoms with Crippen molar-refractivity contribution >= 4 is 5.91 Å². The first-order chi connectivity index (χ1) is 11.9. The van der Waals surface area contributed by atoms with Gasteiger partial charge in [0.05, 0.1) is 12.1 Å². The maximum absolute atomic E-state index is 13.6. The van der Waals surface area contributed by atoms with Crippen molar-refractivity contribution in [2.75, 3.05) is 13.6 Å². The SMILES string of the molecule is CN1CC[C@H](NC(=O)c2ccn(C)c(=O)c2)[C@H]1c1ccc(F)c(F)c1. The van der Waals surface area contributed by atoms with Gasteiger partial charge in [0.15, 0.2) is 11.6 Å². The van der Waals surface area contributed by atoms with Crippen molar-refractivity contribution in [3.8, 4) is 0 Å². The molecule has 132 valence electrons. The maximum atomic E-state index is 13.6. The minimum Gasteiger partial charge on any atom is -0.347 e. The van der Waals surface area contributed by atoms with Gasteiger partial charge in [-0.3, -0.25) is 14.5 Å². The van der Waals surface area contributed by atoms with Gasteiger partial charge in [0.25, 0.3) is 11.5 Å². The molecule has 1 aliphatic heterocycles. The number of aryl methyl sites for hydroxylation is 1. The van der Waals surface area contributed by atoms with Crippen LogP contribution in [-0.2, 0) is 7.05 Å². The Morgan fingerprint density at radius 1 is 1.16 bits per heavy atom. The number of aromatic nitrogens is 1. The number of nitrogens with zero attached hydrogens (tertiary/aromatic N) is 2. The van der Waals surface area contributed by atoms with Crippen molar-refractivity contribution in [2.45, 2.75) is 18.5 Å². The van der Waals surface area contributed by atoms with E-state index in [1.807, 2.05) is 11.9 Å². The molecule has 0 bridgehead atoms. The van der Waals surface area contributed by atoms with Gasteiger partial charge in [-0.1, -0.05) is 6.07 Å². The number of halogens is 2. The van der Waals surface area contributed by atoms with E-state index in [-0.39, 0.29) is 29.1 Å². The molecule has 2 heterocycles. The summed E-state index contributed by atoms with van der Waals surface area (Å²) in [5, 5.41) is 2.91. The highest BCUT2D eigenvalue weighted by Gasteiger charge is 2.34. The average molecular weight is 347 g/mol. The Morgan fingerprint density at radius 2 is 1.92 bits per heavy atom. The summed E-state index contributed by atoms with van der Waals surface area (Å²) >= 11 is 0. The third kappa shape index (κ3) is 3.46. The zero-order valence-electron chi connectivity index (χ0n) is 14.0. The van der Waals surface area contributed by atoms with Crippen molar-refractivity contribution in [2.24, 2.45) is 7.05 Å². The molecule has 2 aromatic rings. The molecule has 1 aromatic heterocycles. The molecule has 1 saturated heterocycles. The van der Waals surface area contributed by atoms with E-state index in [2.05, 4.69) is 5.32 Å². The molecule has 1 aliphatic rings. The van der Waals surface area contributed by atoms with Gasteiger partial charge in [-0.15, -0.1) is 0 Å². The summed E-state index contributed by atoms with van der Waals surface area (Å²) in [4.78, 5) is 26.1. The maximum Gasteiger partial charge on any atom is 0.251 e. The predicted molar refractivity (Wildman–Crippen MR) is 89.3 cm³/mol. The summed E-state index contributed by atoms with van der Waals surface area (Å²) < 4.78 is 28.1. The summed E-state index contributed by atoms with van der Waals surface area (Å²) in [5.41, 5.74) is 0.614. The fourth-order valence-corrected chi connectivity index (χ4v) is 3.22. The van der Waals surface area contributed by atoms with Crippen LogP contribution in [0.3, 0.4) is 0 Å². The highest BCUT2D eigenvalue weighted by molar-refractivity contribution is 5.94. The largest absolute Gasteiger partial charge is 0.347 e. The van der Waals surface area contributed by atoms with Crippen LogP contribution < -0.4 is 10.9 Å². The molecule has 5 nitrogen and oxygen atoms in total. The van der Waals surface area contributed by atoms with E-state index >= 15 is 0 Å². The Bertz CT molecular complexity index is 866. The zero-order chi connectivity index (χ0) is 18.1. The van der Waals surface area contributed by atoms with E-state index in [4.69, 9.17) is 0 Å². The number of pyridine rings is 1. The van der Waals surface area contributed by atoms with Gasteiger partial charge in [-0.25, -0.2) is 8.78 Å². The van der Waals surface area contributed by atoms with Gasteiger partial charge in [0.2, 0.25) is 0 Å². The van der Waals surface area contributed by atoms with Gasteiger partial charge in [-0.2, -0.15) is 0 Å². The molecular formula is C18H19F2N3O2. The lowest BCUT2D eigenvalue weighted by Gasteiger charge is -2.26. The number of likely N-dealkylation sites (N-methyl/N-ethyl adjacent to an activating group) is 1. The molecule has 7 heteroatoms. The first-order valence-electron chi connectivity index (χ1n) is 7.99. The Balaban J connectivity index is 1.82. The van der Waals surface area contributed by atoms with Gasteiger partial charge in [0.1, 0.15) is 0 Å². The van der Waals surface area contributed by atoms with Crippen LogP contribution in [0, 0.1) is 11.6 Å². The predicted octanol–water partition coefficient (Wildman–Crippen LogP) is 1.84. The van der Waals surface area contributed by atoms with Crippen LogP contribution in [0.25, 0.3) is 0 Å². The third-order valence-corrected chi connectivity index (χ3v) is 4.62. The van der Waals surface area contributed by atoms with Crippen molar-refractivity contribution in [1.29, 1.82) is 0 Å². The second-order valence-corrected chi connectivity index (χ2v) is 6.33. The minimum absolute atomic E-state index is 0.258. The molecule has 0 aliphatic carbocycles. The lowest BCUT2D eigenvalue weighted by Crippen LogP contribution is -2.39. The summed E-state index contributed by atoms with van der Waals surface area (Å²) in [6, 6.07) is 6.12. The van der Waals surface area contributed by atoms with Crippen molar-refractivity contribution in [3.05, 3.63) is 69.6 Å². The zero-order valence-corrected chi connectivity index (χ0v) is 14.0. The summed E-state index contributed by atoms with van der Waals surface area (Å²) in [6.07, 6.45) is 2.21. The lowest BCUT2D eigenvalue weighted by molar-refractivity contribution is 0.0927. The number of nitrogens with one attached hydrogen (secondary N) is 1. The van der Waals surface area contributed by atoms with Crippen LogP contribution in [0.1, 0.15) is 28.4 Å². The van der Waals surface area contributed by atoms with Gasteiger partial charge in [-0.05, 0) is 37.2 Å². The summed E-state index contributed by atoms with van der Waals surface area (Å²) in [5.74, 6) is -2.16. The number of carbonyl (C=O) groups is 1. The molecule has 3 rings (SSSR count).